The fraction of sp³-hybridized carbons (Fsp3) is 0.909. The molecule has 0 radical (unpaired) electrons. The van der Waals surface area contributed by atoms with Crippen molar-refractivity contribution in [2.75, 3.05) is 0 Å². The third kappa shape index (κ3) is 6.24. The molecule has 1 saturated heterocycles. The van der Waals surface area contributed by atoms with E-state index in [1.807, 2.05) is 6.92 Å². The van der Waals surface area contributed by atoms with E-state index >= 15 is 0 Å². The first-order chi connectivity index (χ1) is 12.8. The van der Waals surface area contributed by atoms with Crippen molar-refractivity contribution in [1.29, 1.82) is 0 Å². The summed E-state index contributed by atoms with van der Waals surface area (Å²) in [4.78, 5) is 24.4. The van der Waals surface area contributed by atoms with E-state index in [1.54, 1.807) is 0 Å². The maximum Gasteiger partial charge on any atom is 0.311 e. The van der Waals surface area contributed by atoms with Gasteiger partial charge >= 0.3 is 5.97 Å². The Kier molecular flexibility index (Phi) is 8.17. The zero-order chi connectivity index (χ0) is 23.0. The molecule has 5 atom stereocenters. The maximum absolute atomic E-state index is 12.6. The van der Waals surface area contributed by atoms with Crippen LogP contribution in [0.25, 0.3) is 0 Å². The minimum absolute atomic E-state index is 0.00212. The number of carbonyl (C=O) groups excluding carboxylic acids is 2. The van der Waals surface area contributed by atoms with Crippen LogP contribution in [0.15, 0.2) is 0 Å². The minimum atomic E-state index is -2.10. The summed E-state index contributed by atoms with van der Waals surface area (Å²) in [7, 11) is -4.15. The van der Waals surface area contributed by atoms with E-state index in [1.165, 1.54) is 0 Å². The van der Waals surface area contributed by atoms with Gasteiger partial charge in [-0.3, -0.25) is 4.79 Å². The van der Waals surface area contributed by atoms with Gasteiger partial charge in [0.05, 0.1) is 12.0 Å². The number of esters is 1. The van der Waals surface area contributed by atoms with Crippen LogP contribution in [0.2, 0.25) is 36.3 Å². The topological polar surface area (TPSA) is 61.8 Å². The molecule has 1 aliphatic heterocycles. The van der Waals surface area contributed by atoms with Gasteiger partial charge < -0.3 is 18.4 Å². The summed E-state index contributed by atoms with van der Waals surface area (Å²) in [5.41, 5.74) is 0. The molecule has 7 heteroatoms. The second-order valence-corrected chi connectivity index (χ2v) is 21.3. The van der Waals surface area contributed by atoms with E-state index in [0.717, 1.165) is 6.29 Å². The molecule has 0 saturated carbocycles. The van der Waals surface area contributed by atoms with E-state index in [9.17, 15) is 9.59 Å². The number of aldehydes is 1. The second kappa shape index (κ2) is 8.93. The van der Waals surface area contributed by atoms with Crippen LogP contribution in [-0.4, -0.2) is 47.2 Å². The van der Waals surface area contributed by atoms with Gasteiger partial charge in [-0.05, 0) is 43.2 Å². The van der Waals surface area contributed by atoms with Gasteiger partial charge in [0.1, 0.15) is 18.5 Å². The predicted octanol–water partition coefficient (Wildman–Crippen LogP) is 5.55. The largest absolute Gasteiger partial charge is 0.462 e. The quantitative estimate of drug-likeness (QED) is 0.292. The van der Waals surface area contributed by atoms with Crippen molar-refractivity contribution in [1.82, 2.24) is 0 Å². The zero-order valence-electron chi connectivity index (χ0n) is 20.7. The van der Waals surface area contributed by atoms with Gasteiger partial charge in [-0.1, -0.05) is 48.5 Å². The summed E-state index contributed by atoms with van der Waals surface area (Å²) < 4.78 is 18.7. The summed E-state index contributed by atoms with van der Waals surface area (Å²) >= 11 is 0. The van der Waals surface area contributed by atoms with E-state index < -0.39 is 22.7 Å². The van der Waals surface area contributed by atoms with Crippen molar-refractivity contribution in [3.63, 3.8) is 0 Å². The summed E-state index contributed by atoms with van der Waals surface area (Å²) in [6, 6.07) is 0. The molecule has 5 nitrogen and oxygen atoms in total. The number of rotatable bonds is 7. The van der Waals surface area contributed by atoms with Crippen LogP contribution in [0.5, 0.6) is 0 Å². The molecule has 0 aromatic heterocycles. The second-order valence-electron chi connectivity index (χ2n) is 11.8. The summed E-state index contributed by atoms with van der Waals surface area (Å²) in [5.74, 6) is -0.553. The normalized spacial score (nSPS) is 28.1. The van der Waals surface area contributed by atoms with Crippen molar-refractivity contribution in [3.8, 4) is 0 Å². The Morgan fingerprint density at radius 1 is 1.00 bits per heavy atom. The molecule has 1 heterocycles. The van der Waals surface area contributed by atoms with Gasteiger partial charge in [-0.25, -0.2) is 0 Å². The lowest BCUT2D eigenvalue weighted by Gasteiger charge is -2.46. The first-order valence-electron chi connectivity index (χ1n) is 10.9. The van der Waals surface area contributed by atoms with Gasteiger partial charge in [0.2, 0.25) is 0 Å². The Hall–Kier alpha value is -0.506. The van der Waals surface area contributed by atoms with Crippen LogP contribution in [-0.2, 0) is 23.2 Å². The predicted molar refractivity (Wildman–Crippen MR) is 123 cm³/mol. The van der Waals surface area contributed by atoms with E-state index in [0.29, 0.717) is 6.42 Å². The van der Waals surface area contributed by atoms with Gasteiger partial charge in [0.25, 0.3) is 0 Å². The van der Waals surface area contributed by atoms with Crippen LogP contribution >= 0.6 is 0 Å². The molecular weight excluding hydrogens is 400 g/mol. The highest BCUT2D eigenvalue weighted by molar-refractivity contribution is 6.74. The fourth-order valence-corrected chi connectivity index (χ4v) is 5.78. The van der Waals surface area contributed by atoms with Gasteiger partial charge in [0, 0.05) is 12.3 Å². The van der Waals surface area contributed by atoms with Gasteiger partial charge in [-0.15, -0.1) is 0 Å². The number of carbonyl (C=O) groups is 2. The van der Waals surface area contributed by atoms with E-state index in [-0.39, 0.29) is 40.1 Å². The first-order valence-corrected chi connectivity index (χ1v) is 16.7. The maximum atomic E-state index is 12.6. The Morgan fingerprint density at radius 2 is 1.48 bits per heavy atom. The number of hydrogen-bond donors (Lipinski definition) is 0. The Bertz CT molecular complexity index is 589. The molecule has 170 valence electrons. The summed E-state index contributed by atoms with van der Waals surface area (Å²) in [5, 5.41) is 0.0612. The van der Waals surface area contributed by atoms with Crippen molar-refractivity contribution in [2.24, 2.45) is 11.8 Å². The molecule has 0 bridgehead atoms. The fourth-order valence-electron chi connectivity index (χ4n) is 3.07. The van der Waals surface area contributed by atoms with Crippen molar-refractivity contribution in [2.45, 2.75) is 116 Å². The SMILES string of the molecule is C[C@H]1C(=O)OC(C[C@H](C=O)O[Si](C)(C)C(C)(C)C)[C@H](C)[C@H]1O[Si](C)(C)C(C)(C)C. The van der Waals surface area contributed by atoms with E-state index in [4.69, 9.17) is 13.6 Å². The van der Waals surface area contributed by atoms with Crippen molar-refractivity contribution in [3.05, 3.63) is 0 Å². The minimum Gasteiger partial charge on any atom is -0.462 e. The molecule has 0 N–H and O–H groups in total. The average molecular weight is 445 g/mol. The van der Waals surface area contributed by atoms with Crippen LogP contribution in [0.3, 0.4) is 0 Å². The van der Waals surface area contributed by atoms with Crippen LogP contribution in [0.1, 0.15) is 61.8 Å². The molecule has 29 heavy (non-hydrogen) atoms. The lowest BCUT2D eigenvalue weighted by molar-refractivity contribution is -0.178. The molecule has 0 amide bonds. The molecule has 1 aliphatic rings. The Balaban J connectivity index is 3.02. The molecule has 0 aliphatic carbocycles. The summed E-state index contributed by atoms with van der Waals surface area (Å²) in [6.07, 6.45) is 0.0873. The third-order valence-electron chi connectivity index (χ3n) is 7.34. The van der Waals surface area contributed by atoms with Crippen molar-refractivity contribution >= 4 is 28.9 Å². The number of ether oxygens (including phenoxy) is 1. The lowest BCUT2D eigenvalue weighted by Crippen LogP contribution is -2.55. The Morgan fingerprint density at radius 3 is 1.90 bits per heavy atom. The molecular formula is C22H44O5Si2. The standard InChI is InChI=1S/C22H44O5Si2/c1-15-18(13-17(14-23)26-28(9,10)21(3,4)5)25-20(24)16(2)19(15)27-29(11,12)22(6,7)8/h14-19H,13H2,1-12H3/t15-,16+,17+,18?,19+/m0/s1. The van der Waals surface area contributed by atoms with Crippen LogP contribution < -0.4 is 0 Å². The number of hydrogen-bond acceptors (Lipinski definition) is 5. The average Bonchev–Trinajstić information content (AvgIpc) is 2.53. The van der Waals surface area contributed by atoms with E-state index in [2.05, 4.69) is 74.7 Å². The van der Waals surface area contributed by atoms with Gasteiger partial charge in [-0.2, -0.15) is 0 Å². The Labute approximate surface area is 180 Å². The monoisotopic (exact) mass is 444 g/mol. The zero-order valence-corrected chi connectivity index (χ0v) is 22.7. The highest BCUT2D eigenvalue weighted by Gasteiger charge is 2.48. The third-order valence-corrected chi connectivity index (χ3v) is 16.3. The molecule has 0 aromatic carbocycles. The highest BCUT2D eigenvalue weighted by atomic mass is 28.4. The van der Waals surface area contributed by atoms with Crippen LogP contribution in [0.4, 0.5) is 0 Å². The van der Waals surface area contributed by atoms with Gasteiger partial charge in [0.15, 0.2) is 16.6 Å². The molecule has 1 fully saturated rings. The van der Waals surface area contributed by atoms with Crippen molar-refractivity contribution < 1.29 is 23.2 Å². The van der Waals surface area contributed by atoms with Crippen LogP contribution in [0, 0.1) is 11.8 Å². The highest BCUT2D eigenvalue weighted by Crippen LogP contribution is 2.42. The first kappa shape index (κ1) is 26.5. The molecule has 0 spiro atoms. The summed E-state index contributed by atoms with van der Waals surface area (Å²) in [6.45, 7) is 25.7. The lowest BCUT2D eigenvalue weighted by atomic mass is 9.84. The molecule has 1 rings (SSSR count). The number of cyclic esters (lactones) is 1. The molecule has 0 aromatic rings. The smallest absolute Gasteiger partial charge is 0.311 e. The molecule has 1 unspecified atom stereocenters.